The minimum absolute atomic E-state index is 0.0105. The fourth-order valence-corrected chi connectivity index (χ4v) is 2.72. The van der Waals surface area contributed by atoms with Crippen LogP contribution in [0.25, 0.3) is 0 Å². The number of carbonyl (C=O) groups is 1. The van der Waals surface area contributed by atoms with Crippen LogP contribution in [0.1, 0.15) is 32.8 Å². The van der Waals surface area contributed by atoms with Gasteiger partial charge in [0.05, 0.1) is 0 Å². The number of nitrogens with one attached hydrogen (secondary N) is 1. The van der Waals surface area contributed by atoms with Crippen molar-refractivity contribution in [2.75, 3.05) is 31.5 Å². The quantitative estimate of drug-likeness (QED) is 0.860. The average molecular weight is 289 g/mol. The summed E-state index contributed by atoms with van der Waals surface area (Å²) in [5.74, 6) is 0. The Kier molecular flexibility index (Phi) is 4.88. The van der Waals surface area contributed by atoms with Gasteiger partial charge >= 0.3 is 6.03 Å². The van der Waals surface area contributed by atoms with Gasteiger partial charge in [0.2, 0.25) is 0 Å². The number of urea groups is 1. The van der Waals surface area contributed by atoms with E-state index in [2.05, 4.69) is 31.0 Å². The molecular weight excluding hydrogens is 262 g/mol. The summed E-state index contributed by atoms with van der Waals surface area (Å²) in [5, 5.41) is 3.00. The van der Waals surface area contributed by atoms with Crippen LogP contribution in [0.5, 0.6) is 0 Å². The maximum absolute atomic E-state index is 12.4. The van der Waals surface area contributed by atoms with Gasteiger partial charge in [-0.15, -0.1) is 0 Å². The Hall–Kier alpha value is -1.55. The Morgan fingerprint density at radius 3 is 2.57 bits per heavy atom. The Bertz CT molecular complexity index is 493. The molecule has 0 radical (unpaired) electrons. The molecule has 21 heavy (non-hydrogen) atoms. The number of anilines is 1. The molecule has 4 nitrogen and oxygen atoms in total. The van der Waals surface area contributed by atoms with Crippen molar-refractivity contribution in [2.45, 2.75) is 39.7 Å². The minimum atomic E-state index is 0.0105. The summed E-state index contributed by atoms with van der Waals surface area (Å²) < 4.78 is 0. The topological polar surface area (TPSA) is 35.6 Å². The first kappa shape index (κ1) is 15.8. The molecule has 116 valence electrons. The lowest BCUT2D eigenvalue weighted by Crippen LogP contribution is -2.44. The van der Waals surface area contributed by atoms with E-state index in [0.717, 1.165) is 43.9 Å². The highest BCUT2D eigenvalue weighted by atomic mass is 16.2. The number of benzene rings is 1. The van der Waals surface area contributed by atoms with Crippen molar-refractivity contribution in [1.82, 2.24) is 9.80 Å². The molecule has 1 aromatic rings. The number of carbonyl (C=O) groups excluding carboxylic acids is 1. The van der Waals surface area contributed by atoms with Crippen molar-refractivity contribution in [3.05, 3.63) is 29.8 Å². The Morgan fingerprint density at radius 2 is 1.90 bits per heavy atom. The first-order valence-electron chi connectivity index (χ1n) is 7.74. The Morgan fingerprint density at radius 1 is 1.14 bits per heavy atom. The van der Waals surface area contributed by atoms with E-state index in [1.165, 1.54) is 0 Å². The molecular formula is C17H27N3O. The summed E-state index contributed by atoms with van der Waals surface area (Å²) in [6, 6.07) is 7.94. The average Bonchev–Trinajstić information content (AvgIpc) is 2.63. The largest absolute Gasteiger partial charge is 0.323 e. The van der Waals surface area contributed by atoms with Gasteiger partial charge < -0.3 is 10.2 Å². The third-order valence-electron chi connectivity index (χ3n) is 4.00. The van der Waals surface area contributed by atoms with Gasteiger partial charge in [-0.25, -0.2) is 4.79 Å². The first-order valence-corrected chi connectivity index (χ1v) is 7.74. The summed E-state index contributed by atoms with van der Waals surface area (Å²) in [6.07, 6.45) is 1.03. The van der Waals surface area contributed by atoms with Gasteiger partial charge in [-0.3, -0.25) is 4.90 Å². The lowest BCUT2D eigenvalue weighted by atomic mass is 10.1. The maximum Gasteiger partial charge on any atom is 0.321 e. The predicted octanol–water partition coefficient (Wildman–Crippen LogP) is 3.33. The van der Waals surface area contributed by atoms with Crippen molar-refractivity contribution in [3.63, 3.8) is 0 Å². The van der Waals surface area contributed by atoms with Crippen LogP contribution in [0.3, 0.4) is 0 Å². The lowest BCUT2D eigenvalue weighted by molar-refractivity contribution is 0.142. The second-order valence-electron chi connectivity index (χ2n) is 6.80. The van der Waals surface area contributed by atoms with Crippen LogP contribution >= 0.6 is 0 Å². The molecule has 1 aliphatic heterocycles. The molecule has 1 heterocycles. The number of aryl methyl sites for hydroxylation is 1. The van der Waals surface area contributed by atoms with Crippen molar-refractivity contribution >= 4 is 11.7 Å². The maximum atomic E-state index is 12.4. The number of amides is 2. The van der Waals surface area contributed by atoms with Crippen molar-refractivity contribution in [2.24, 2.45) is 0 Å². The third-order valence-corrected chi connectivity index (χ3v) is 4.00. The highest BCUT2D eigenvalue weighted by molar-refractivity contribution is 5.89. The Labute approximate surface area is 128 Å². The zero-order chi connectivity index (χ0) is 15.5. The van der Waals surface area contributed by atoms with Crippen LogP contribution < -0.4 is 5.32 Å². The third kappa shape index (κ3) is 4.46. The van der Waals surface area contributed by atoms with Crippen LogP contribution in [0.4, 0.5) is 10.5 Å². The summed E-state index contributed by atoms with van der Waals surface area (Å²) in [5.41, 5.74) is 2.20. The second kappa shape index (κ2) is 6.48. The SMILES string of the molecule is Cc1cccc(NC(=O)N2CCCN(C(C)(C)C)CC2)c1. The van der Waals surface area contributed by atoms with Crippen LogP contribution in [-0.2, 0) is 0 Å². The number of nitrogens with zero attached hydrogens (tertiary/aromatic N) is 2. The summed E-state index contributed by atoms with van der Waals surface area (Å²) in [6.45, 7) is 12.3. The number of hydrogen-bond acceptors (Lipinski definition) is 2. The van der Waals surface area contributed by atoms with Gasteiger partial charge in [0.1, 0.15) is 0 Å². The molecule has 1 aliphatic rings. The summed E-state index contributed by atoms with van der Waals surface area (Å²) >= 11 is 0. The van der Waals surface area contributed by atoms with E-state index in [1.54, 1.807) is 0 Å². The predicted molar refractivity (Wildman–Crippen MR) is 87.7 cm³/mol. The molecule has 0 saturated carbocycles. The standard InChI is InChI=1S/C17H27N3O/c1-14-7-5-8-15(13-14)18-16(21)19-9-6-10-20(12-11-19)17(2,3)4/h5,7-8,13H,6,9-12H2,1-4H3,(H,18,21). The molecule has 0 aromatic heterocycles. The van der Waals surface area contributed by atoms with E-state index in [1.807, 2.05) is 36.1 Å². The lowest BCUT2D eigenvalue weighted by Gasteiger charge is -2.34. The van der Waals surface area contributed by atoms with Crippen LogP contribution in [0.2, 0.25) is 0 Å². The van der Waals surface area contributed by atoms with Crippen molar-refractivity contribution in [3.8, 4) is 0 Å². The van der Waals surface area contributed by atoms with E-state index in [-0.39, 0.29) is 11.6 Å². The van der Waals surface area contributed by atoms with E-state index in [4.69, 9.17) is 0 Å². The van der Waals surface area contributed by atoms with Crippen LogP contribution in [0, 0.1) is 6.92 Å². The first-order chi connectivity index (χ1) is 9.86. The van der Waals surface area contributed by atoms with Gasteiger partial charge in [0, 0.05) is 37.4 Å². The van der Waals surface area contributed by atoms with E-state index >= 15 is 0 Å². The fourth-order valence-electron chi connectivity index (χ4n) is 2.72. The van der Waals surface area contributed by atoms with Crippen molar-refractivity contribution in [1.29, 1.82) is 0 Å². The molecule has 2 amide bonds. The molecule has 2 rings (SSSR count). The van der Waals surface area contributed by atoms with E-state index in [9.17, 15) is 4.79 Å². The van der Waals surface area contributed by atoms with Gasteiger partial charge in [-0.2, -0.15) is 0 Å². The molecule has 1 fully saturated rings. The fraction of sp³-hybridized carbons (Fsp3) is 0.588. The van der Waals surface area contributed by atoms with Gasteiger partial charge in [0.15, 0.2) is 0 Å². The number of rotatable bonds is 1. The van der Waals surface area contributed by atoms with Gasteiger partial charge in [-0.05, 0) is 51.8 Å². The highest BCUT2D eigenvalue weighted by Gasteiger charge is 2.25. The second-order valence-corrected chi connectivity index (χ2v) is 6.80. The zero-order valence-corrected chi connectivity index (χ0v) is 13.6. The molecule has 0 aliphatic carbocycles. The molecule has 1 aromatic carbocycles. The van der Waals surface area contributed by atoms with Crippen LogP contribution in [-0.4, -0.2) is 47.5 Å². The van der Waals surface area contributed by atoms with Gasteiger partial charge in [-0.1, -0.05) is 12.1 Å². The number of hydrogen-bond donors (Lipinski definition) is 1. The van der Waals surface area contributed by atoms with Gasteiger partial charge in [0.25, 0.3) is 0 Å². The van der Waals surface area contributed by atoms with Crippen LogP contribution in [0.15, 0.2) is 24.3 Å². The molecule has 4 heteroatoms. The molecule has 1 N–H and O–H groups in total. The smallest absolute Gasteiger partial charge is 0.321 e. The molecule has 0 spiro atoms. The minimum Gasteiger partial charge on any atom is -0.323 e. The summed E-state index contributed by atoms with van der Waals surface area (Å²) in [4.78, 5) is 16.8. The monoisotopic (exact) mass is 289 g/mol. The Balaban J connectivity index is 1.94. The zero-order valence-electron chi connectivity index (χ0n) is 13.6. The van der Waals surface area contributed by atoms with E-state index < -0.39 is 0 Å². The molecule has 0 unspecified atom stereocenters. The summed E-state index contributed by atoms with van der Waals surface area (Å²) in [7, 11) is 0. The van der Waals surface area contributed by atoms with Crippen molar-refractivity contribution < 1.29 is 4.79 Å². The molecule has 0 atom stereocenters. The molecule has 0 bridgehead atoms. The molecule has 1 saturated heterocycles. The highest BCUT2D eigenvalue weighted by Crippen LogP contribution is 2.17. The van der Waals surface area contributed by atoms with E-state index in [0.29, 0.717) is 0 Å². The normalized spacial score (nSPS) is 17.4.